The van der Waals surface area contributed by atoms with Crippen LogP contribution in [0.25, 0.3) is 0 Å². The van der Waals surface area contributed by atoms with Crippen LogP contribution in [-0.2, 0) is 24.2 Å². The summed E-state index contributed by atoms with van der Waals surface area (Å²) in [5, 5.41) is 15.1. The minimum Gasteiger partial charge on any atom is -0.444 e. The normalized spacial score (nSPS) is 24.0. The van der Waals surface area contributed by atoms with Crippen LogP contribution in [0.15, 0.2) is 12.2 Å². The van der Waals surface area contributed by atoms with Crippen molar-refractivity contribution in [1.29, 1.82) is 0 Å². The number of allylic oxidation sites excluding steroid dienone is 1. The second kappa shape index (κ2) is 5.67. The Morgan fingerprint density at radius 2 is 2.13 bits per heavy atom. The van der Waals surface area contributed by atoms with Crippen LogP contribution in [0.1, 0.15) is 57.2 Å². The molecule has 2 aliphatic heterocycles. The van der Waals surface area contributed by atoms with Crippen LogP contribution >= 0.6 is 0 Å². The van der Waals surface area contributed by atoms with Crippen molar-refractivity contribution in [3.05, 3.63) is 29.1 Å². The quantitative estimate of drug-likeness (QED) is 0.746. The van der Waals surface area contributed by atoms with Gasteiger partial charge >= 0.3 is 6.09 Å². The van der Waals surface area contributed by atoms with E-state index in [0.29, 0.717) is 25.9 Å². The van der Waals surface area contributed by atoms with Crippen molar-refractivity contribution >= 4 is 6.09 Å². The highest BCUT2D eigenvalue weighted by atomic mass is 16.6. The summed E-state index contributed by atoms with van der Waals surface area (Å²) >= 11 is 0. The van der Waals surface area contributed by atoms with Crippen LogP contribution in [0.2, 0.25) is 0 Å². The third kappa shape index (κ3) is 3.13. The van der Waals surface area contributed by atoms with Gasteiger partial charge < -0.3 is 14.7 Å². The van der Waals surface area contributed by atoms with Crippen LogP contribution in [0.5, 0.6) is 0 Å². The summed E-state index contributed by atoms with van der Waals surface area (Å²) in [7, 11) is 0. The van der Waals surface area contributed by atoms with E-state index in [4.69, 9.17) is 4.74 Å². The zero-order valence-electron chi connectivity index (χ0n) is 14.2. The maximum absolute atomic E-state index is 12.5. The molecule has 0 bridgehead atoms. The van der Waals surface area contributed by atoms with E-state index < -0.39 is 11.7 Å². The highest BCUT2D eigenvalue weighted by Crippen LogP contribution is 2.32. The molecule has 3 rings (SSSR count). The molecule has 1 aromatic heterocycles. The number of nitrogens with zero attached hydrogens (tertiary/aromatic N) is 3. The molecular weight excluding hydrogens is 294 g/mol. The number of aliphatic hydroxyl groups is 1. The van der Waals surface area contributed by atoms with Crippen LogP contribution in [-0.4, -0.2) is 37.5 Å². The van der Waals surface area contributed by atoms with Gasteiger partial charge in [0.25, 0.3) is 0 Å². The number of rotatable bonds is 0. The first-order valence-corrected chi connectivity index (χ1v) is 8.17. The van der Waals surface area contributed by atoms with Gasteiger partial charge in [-0.25, -0.2) is 4.79 Å². The molecule has 2 atom stereocenters. The second-order valence-electron chi connectivity index (χ2n) is 7.38. The minimum absolute atomic E-state index is 0.0316. The fourth-order valence-electron chi connectivity index (χ4n) is 3.20. The largest absolute Gasteiger partial charge is 0.444 e. The minimum atomic E-state index is -0.570. The van der Waals surface area contributed by atoms with E-state index in [-0.39, 0.29) is 12.1 Å². The standard InChI is InChI=1S/C17H25N3O3/c1-11-9-13-12(10-19(11)16(22)23-17(2,3)4)15-14(21)7-5-6-8-20(15)18-13/h5-6,11,14,21H,7-10H2,1-4H3/t11-,14-/m1/s1. The van der Waals surface area contributed by atoms with Crippen molar-refractivity contribution in [1.82, 2.24) is 14.7 Å². The molecular formula is C17H25N3O3. The van der Waals surface area contributed by atoms with E-state index in [1.807, 2.05) is 44.5 Å². The maximum Gasteiger partial charge on any atom is 0.410 e. The monoisotopic (exact) mass is 319 g/mol. The average molecular weight is 319 g/mol. The molecule has 23 heavy (non-hydrogen) atoms. The number of ether oxygens (including phenoxy) is 1. The van der Waals surface area contributed by atoms with Gasteiger partial charge in [0.15, 0.2) is 0 Å². The van der Waals surface area contributed by atoms with Crippen molar-refractivity contribution in [2.75, 3.05) is 0 Å². The maximum atomic E-state index is 12.5. The van der Waals surface area contributed by atoms with Gasteiger partial charge in [-0.1, -0.05) is 12.2 Å². The number of aliphatic hydroxyl groups excluding tert-OH is 1. The Bertz CT molecular complexity index is 642. The summed E-state index contributed by atoms with van der Waals surface area (Å²) < 4.78 is 7.38. The highest BCUT2D eigenvalue weighted by molar-refractivity contribution is 5.69. The molecule has 3 heterocycles. The van der Waals surface area contributed by atoms with E-state index in [1.165, 1.54) is 0 Å². The molecule has 1 aromatic rings. The predicted octanol–water partition coefficient (Wildman–Crippen LogP) is 2.56. The summed E-state index contributed by atoms with van der Waals surface area (Å²) in [4.78, 5) is 14.2. The first-order valence-electron chi connectivity index (χ1n) is 8.17. The number of carbonyl (C=O) groups is 1. The second-order valence-corrected chi connectivity index (χ2v) is 7.38. The van der Waals surface area contributed by atoms with Gasteiger partial charge in [-0.2, -0.15) is 5.10 Å². The van der Waals surface area contributed by atoms with E-state index >= 15 is 0 Å². The Kier molecular flexibility index (Phi) is 3.96. The number of hydrogen-bond acceptors (Lipinski definition) is 4. The SMILES string of the molecule is C[C@@H]1Cc2nn3c(c2CN1C(=O)OC(C)(C)C)[C@H](O)CC=CC3. The molecule has 6 nitrogen and oxygen atoms in total. The average Bonchev–Trinajstić information content (AvgIpc) is 2.67. The van der Waals surface area contributed by atoms with E-state index in [0.717, 1.165) is 17.0 Å². The Morgan fingerprint density at radius 1 is 1.39 bits per heavy atom. The fourth-order valence-corrected chi connectivity index (χ4v) is 3.20. The lowest BCUT2D eigenvalue weighted by atomic mass is 9.97. The zero-order chi connectivity index (χ0) is 16.8. The van der Waals surface area contributed by atoms with Crippen molar-refractivity contribution in [2.45, 2.75) is 71.4 Å². The summed E-state index contributed by atoms with van der Waals surface area (Å²) in [6, 6.07) is 0.0316. The molecule has 0 fully saturated rings. The third-order valence-electron chi connectivity index (χ3n) is 4.27. The van der Waals surface area contributed by atoms with Crippen LogP contribution < -0.4 is 0 Å². The van der Waals surface area contributed by atoms with Crippen molar-refractivity contribution in [3.63, 3.8) is 0 Å². The fraction of sp³-hybridized carbons (Fsp3) is 0.647. The molecule has 0 aliphatic carbocycles. The Hall–Kier alpha value is -1.82. The lowest BCUT2D eigenvalue weighted by Crippen LogP contribution is -2.45. The number of aromatic nitrogens is 2. The Morgan fingerprint density at radius 3 is 2.83 bits per heavy atom. The van der Waals surface area contributed by atoms with Crippen molar-refractivity contribution in [2.24, 2.45) is 0 Å². The molecule has 0 radical (unpaired) electrons. The summed E-state index contributed by atoms with van der Waals surface area (Å²) in [5.41, 5.74) is 2.29. The van der Waals surface area contributed by atoms with E-state index in [1.54, 1.807) is 4.90 Å². The number of carbonyl (C=O) groups excluding carboxylic acids is 1. The third-order valence-corrected chi connectivity index (χ3v) is 4.27. The first kappa shape index (κ1) is 16.1. The van der Waals surface area contributed by atoms with E-state index in [2.05, 4.69) is 5.10 Å². The smallest absolute Gasteiger partial charge is 0.410 e. The highest BCUT2D eigenvalue weighted by Gasteiger charge is 2.35. The van der Waals surface area contributed by atoms with Crippen LogP contribution in [0.3, 0.4) is 0 Å². The molecule has 2 aliphatic rings. The van der Waals surface area contributed by atoms with Gasteiger partial charge in [0.2, 0.25) is 0 Å². The van der Waals surface area contributed by atoms with Gasteiger partial charge in [-0.3, -0.25) is 4.68 Å². The Balaban J connectivity index is 1.90. The van der Waals surface area contributed by atoms with Gasteiger partial charge in [0.1, 0.15) is 5.60 Å². The lowest BCUT2D eigenvalue weighted by Gasteiger charge is -2.34. The predicted molar refractivity (Wildman–Crippen MR) is 85.9 cm³/mol. The summed E-state index contributed by atoms with van der Waals surface area (Å²) in [5.74, 6) is 0. The number of amides is 1. The molecule has 0 aromatic carbocycles. The molecule has 0 saturated heterocycles. The molecule has 126 valence electrons. The van der Waals surface area contributed by atoms with Crippen molar-refractivity contribution < 1.29 is 14.6 Å². The molecule has 0 unspecified atom stereocenters. The van der Waals surface area contributed by atoms with Gasteiger partial charge in [-0.05, 0) is 34.1 Å². The molecule has 1 N–H and O–H groups in total. The van der Waals surface area contributed by atoms with Gasteiger partial charge in [0.05, 0.1) is 30.6 Å². The molecule has 0 spiro atoms. The lowest BCUT2D eigenvalue weighted by molar-refractivity contribution is 0.0135. The molecule has 0 saturated carbocycles. The number of fused-ring (bicyclic) bond motifs is 3. The molecule has 6 heteroatoms. The zero-order valence-corrected chi connectivity index (χ0v) is 14.2. The van der Waals surface area contributed by atoms with Crippen LogP contribution in [0.4, 0.5) is 4.79 Å². The van der Waals surface area contributed by atoms with Gasteiger partial charge in [0, 0.05) is 18.0 Å². The first-order chi connectivity index (χ1) is 10.8. The Labute approximate surface area is 136 Å². The number of hydrogen-bond donors (Lipinski definition) is 1. The van der Waals surface area contributed by atoms with Gasteiger partial charge in [-0.15, -0.1) is 0 Å². The summed E-state index contributed by atoms with van der Waals surface area (Å²) in [6.07, 6.45) is 4.39. The van der Waals surface area contributed by atoms with E-state index in [9.17, 15) is 9.90 Å². The van der Waals surface area contributed by atoms with Crippen LogP contribution in [0, 0.1) is 0 Å². The van der Waals surface area contributed by atoms with Crippen molar-refractivity contribution in [3.8, 4) is 0 Å². The topological polar surface area (TPSA) is 67.6 Å². The summed E-state index contributed by atoms with van der Waals surface area (Å²) in [6.45, 7) is 8.72. The molecule has 1 amide bonds.